The van der Waals surface area contributed by atoms with E-state index in [0.29, 0.717) is 119 Å². The molecule has 0 bridgehead atoms. The van der Waals surface area contributed by atoms with Gasteiger partial charge >= 0.3 is 6.09 Å². The molecule has 0 saturated carbocycles. The Morgan fingerprint density at radius 3 is 1.00 bits per heavy atom. The average Bonchev–Trinajstić information content (AvgIpc) is 2.86. The van der Waals surface area contributed by atoms with Crippen LogP contribution in [0.25, 0.3) is 0 Å². The fourth-order valence-corrected chi connectivity index (χ4v) is 2.55. The minimum atomic E-state index is -0.505. The zero-order chi connectivity index (χ0) is 28.0. The summed E-state index contributed by atoms with van der Waals surface area (Å²) < 4.78 is 53.8. The topological polar surface area (TPSA) is 121 Å². The van der Waals surface area contributed by atoms with Gasteiger partial charge in [0.15, 0.2) is 0 Å². The van der Waals surface area contributed by atoms with Crippen LogP contribution >= 0.6 is 0 Å². The summed E-state index contributed by atoms with van der Waals surface area (Å²) in [6.45, 7) is 17.4. The number of hydrogen-bond acceptors (Lipinski definition) is 11. The number of ether oxygens (including phenoxy) is 10. The summed E-state index contributed by atoms with van der Waals surface area (Å²) in [5, 5.41) is 2.63. The van der Waals surface area contributed by atoms with E-state index in [1.807, 2.05) is 20.8 Å². The van der Waals surface area contributed by atoms with Crippen molar-refractivity contribution >= 4 is 6.09 Å². The third-order valence-electron chi connectivity index (χ3n) is 4.24. The summed E-state index contributed by atoms with van der Waals surface area (Å²) in [5.74, 6) is 0. The maximum atomic E-state index is 11.5. The molecule has 0 atom stereocenters. The fraction of sp³-hybridized carbons (Fsp3) is 0.962. The lowest BCUT2D eigenvalue weighted by Crippen LogP contribution is -2.34. The largest absolute Gasteiger partial charge is 0.444 e. The average molecular weight is 556 g/mol. The van der Waals surface area contributed by atoms with Crippen LogP contribution in [0.15, 0.2) is 0 Å². The number of hydrogen-bond donors (Lipinski definition) is 1. The zero-order valence-corrected chi connectivity index (χ0v) is 24.1. The second-order valence-electron chi connectivity index (χ2n) is 8.94. The van der Waals surface area contributed by atoms with Crippen LogP contribution in [0.3, 0.4) is 0 Å². The molecule has 0 unspecified atom stereocenters. The van der Waals surface area contributed by atoms with Crippen molar-refractivity contribution in [2.24, 2.45) is 0 Å². The second kappa shape index (κ2) is 28.9. The van der Waals surface area contributed by atoms with Crippen LogP contribution in [0.5, 0.6) is 0 Å². The highest BCUT2D eigenvalue weighted by molar-refractivity contribution is 5.67. The number of rotatable bonds is 29. The third kappa shape index (κ3) is 32.9. The van der Waals surface area contributed by atoms with Crippen LogP contribution in [0.1, 0.15) is 34.1 Å². The van der Waals surface area contributed by atoms with E-state index >= 15 is 0 Å². The number of amides is 1. The van der Waals surface area contributed by atoms with Crippen molar-refractivity contribution in [3.63, 3.8) is 0 Å². The van der Waals surface area contributed by atoms with E-state index in [1.165, 1.54) is 0 Å². The van der Waals surface area contributed by atoms with Gasteiger partial charge in [-0.2, -0.15) is 0 Å². The smallest absolute Gasteiger partial charge is 0.407 e. The lowest BCUT2D eigenvalue weighted by atomic mass is 10.2. The van der Waals surface area contributed by atoms with Gasteiger partial charge in [-0.3, -0.25) is 0 Å². The summed E-state index contributed by atoms with van der Waals surface area (Å²) >= 11 is 0. The first-order valence-corrected chi connectivity index (χ1v) is 13.6. The molecule has 0 aliphatic carbocycles. The highest BCUT2D eigenvalue weighted by Gasteiger charge is 2.15. The summed E-state index contributed by atoms with van der Waals surface area (Å²) in [7, 11) is 0. The Kier molecular flexibility index (Phi) is 28.1. The first-order valence-electron chi connectivity index (χ1n) is 13.6. The molecule has 0 aromatic carbocycles. The van der Waals surface area contributed by atoms with Crippen molar-refractivity contribution in [1.82, 2.24) is 5.32 Å². The molecule has 0 heterocycles. The first kappa shape index (κ1) is 36.9. The van der Waals surface area contributed by atoms with E-state index < -0.39 is 11.7 Å². The van der Waals surface area contributed by atoms with Gasteiger partial charge in [-0.25, -0.2) is 4.79 Å². The predicted molar refractivity (Wildman–Crippen MR) is 142 cm³/mol. The van der Waals surface area contributed by atoms with Gasteiger partial charge < -0.3 is 52.7 Å². The maximum Gasteiger partial charge on any atom is 0.407 e. The van der Waals surface area contributed by atoms with Gasteiger partial charge in [0.1, 0.15) is 5.60 Å². The van der Waals surface area contributed by atoms with Crippen LogP contribution < -0.4 is 5.32 Å². The standard InChI is InChI=1S/C26H53NO11/c1-5-7-29-9-11-31-13-15-33-17-19-35-21-23-37-24-22-36-20-18-34-16-14-32-12-10-30-8-6-27-25(28)38-26(2,3)4/h5-24H2,1-4H3,(H,27,28). The van der Waals surface area contributed by atoms with Gasteiger partial charge in [0.05, 0.1) is 112 Å². The van der Waals surface area contributed by atoms with E-state index in [9.17, 15) is 4.79 Å². The molecule has 0 saturated heterocycles. The number of carbonyl (C=O) groups is 1. The molecule has 0 radical (unpaired) electrons. The van der Waals surface area contributed by atoms with Gasteiger partial charge in [-0.15, -0.1) is 0 Å². The summed E-state index contributed by atoms with van der Waals surface area (Å²) in [4.78, 5) is 11.5. The minimum Gasteiger partial charge on any atom is -0.444 e. The molecular formula is C26H53NO11. The predicted octanol–water partition coefficient (Wildman–Crippen LogP) is 2.07. The second-order valence-corrected chi connectivity index (χ2v) is 8.94. The molecule has 1 N–H and O–H groups in total. The monoisotopic (exact) mass is 555 g/mol. The molecule has 38 heavy (non-hydrogen) atoms. The molecule has 0 rings (SSSR count). The van der Waals surface area contributed by atoms with E-state index in [4.69, 9.17) is 47.4 Å². The molecule has 1 amide bonds. The van der Waals surface area contributed by atoms with Gasteiger partial charge in [0.25, 0.3) is 0 Å². The highest BCUT2D eigenvalue weighted by Crippen LogP contribution is 2.06. The summed E-state index contributed by atoms with van der Waals surface area (Å²) in [6, 6.07) is 0. The quantitative estimate of drug-likeness (QED) is 0.137. The van der Waals surface area contributed by atoms with Crippen LogP contribution in [0.2, 0.25) is 0 Å². The SMILES string of the molecule is CCCOCCOCCOCCOCCOCCOCCOCCOCCOCCNC(=O)OC(C)(C)C. The molecular weight excluding hydrogens is 502 g/mol. The van der Waals surface area contributed by atoms with Crippen molar-refractivity contribution in [2.45, 2.75) is 39.7 Å². The fourth-order valence-electron chi connectivity index (χ4n) is 2.55. The molecule has 0 aliphatic rings. The molecule has 0 aromatic heterocycles. The van der Waals surface area contributed by atoms with Crippen molar-refractivity contribution in [3.8, 4) is 0 Å². The molecule has 0 aliphatic heterocycles. The lowest BCUT2D eigenvalue weighted by molar-refractivity contribution is -0.0249. The Bertz CT molecular complexity index is 492. The van der Waals surface area contributed by atoms with Gasteiger partial charge in [-0.05, 0) is 27.2 Å². The Balaban J connectivity index is 3.09. The third-order valence-corrected chi connectivity index (χ3v) is 4.24. The zero-order valence-electron chi connectivity index (χ0n) is 24.1. The lowest BCUT2D eigenvalue weighted by Gasteiger charge is -2.19. The Morgan fingerprint density at radius 1 is 0.474 bits per heavy atom. The first-order chi connectivity index (χ1) is 18.5. The molecule has 12 heteroatoms. The molecule has 0 spiro atoms. The van der Waals surface area contributed by atoms with Crippen molar-refractivity contribution < 1.29 is 52.2 Å². The summed E-state index contributed by atoms with van der Waals surface area (Å²) in [6.07, 6.45) is 0.575. The van der Waals surface area contributed by atoms with Crippen LogP contribution in [-0.2, 0) is 47.4 Å². The van der Waals surface area contributed by atoms with Crippen LogP contribution in [0, 0.1) is 0 Å². The van der Waals surface area contributed by atoms with E-state index in [0.717, 1.165) is 13.0 Å². The van der Waals surface area contributed by atoms with Crippen molar-refractivity contribution in [3.05, 3.63) is 0 Å². The molecule has 0 aromatic rings. The molecule has 12 nitrogen and oxygen atoms in total. The van der Waals surface area contributed by atoms with Crippen LogP contribution in [0.4, 0.5) is 4.79 Å². The van der Waals surface area contributed by atoms with Gasteiger partial charge in [-0.1, -0.05) is 6.92 Å². The molecule has 0 fully saturated rings. The number of nitrogens with one attached hydrogen (secondary N) is 1. The van der Waals surface area contributed by atoms with Crippen molar-refractivity contribution in [2.75, 3.05) is 125 Å². The maximum absolute atomic E-state index is 11.5. The van der Waals surface area contributed by atoms with E-state index in [1.54, 1.807) is 0 Å². The van der Waals surface area contributed by atoms with Gasteiger partial charge in [0.2, 0.25) is 0 Å². The Hall–Kier alpha value is -1.09. The number of alkyl carbamates (subject to hydrolysis) is 1. The minimum absolute atomic E-state index is 0.388. The Morgan fingerprint density at radius 2 is 0.737 bits per heavy atom. The number of carbonyl (C=O) groups excluding carboxylic acids is 1. The summed E-state index contributed by atoms with van der Waals surface area (Å²) in [5.41, 5.74) is -0.505. The molecule has 228 valence electrons. The Labute approximate surface area is 229 Å². The van der Waals surface area contributed by atoms with Crippen molar-refractivity contribution in [1.29, 1.82) is 0 Å². The van der Waals surface area contributed by atoms with Gasteiger partial charge in [0, 0.05) is 13.2 Å². The normalized spacial score (nSPS) is 11.7. The van der Waals surface area contributed by atoms with Crippen LogP contribution in [-0.4, -0.2) is 137 Å². The van der Waals surface area contributed by atoms with E-state index in [2.05, 4.69) is 12.2 Å². The van der Waals surface area contributed by atoms with E-state index in [-0.39, 0.29) is 0 Å². The highest BCUT2D eigenvalue weighted by atomic mass is 16.6.